The number of hydrogen-bond acceptors (Lipinski definition) is 10. The number of nitrogens with zero attached hydrogens (tertiary/aromatic N) is 4. The van der Waals surface area contributed by atoms with Crippen LogP contribution in [-0.2, 0) is 25.0 Å². The molecule has 49 heavy (non-hydrogen) atoms. The van der Waals surface area contributed by atoms with E-state index in [-0.39, 0.29) is 67.0 Å². The predicted octanol–water partition coefficient (Wildman–Crippen LogP) is 6.02. The average molecular weight is 679 g/mol. The molecule has 3 aliphatic rings. The van der Waals surface area contributed by atoms with E-state index in [4.69, 9.17) is 14.0 Å². The number of benzene rings is 1. The molecule has 13 heteroatoms. The number of esters is 1. The first kappa shape index (κ1) is 34.3. The smallest absolute Gasteiger partial charge is 0.313 e. The number of allylic oxidation sites excluding steroid dienone is 2. The van der Waals surface area contributed by atoms with E-state index in [2.05, 4.69) is 15.1 Å². The van der Waals surface area contributed by atoms with Crippen molar-refractivity contribution in [2.24, 2.45) is 17.3 Å². The van der Waals surface area contributed by atoms with Gasteiger partial charge in [-0.3, -0.25) is 19.2 Å². The van der Waals surface area contributed by atoms with Crippen molar-refractivity contribution in [3.63, 3.8) is 0 Å². The Morgan fingerprint density at radius 3 is 2.59 bits per heavy atom. The van der Waals surface area contributed by atoms with Crippen LogP contribution >= 0.6 is 0 Å². The van der Waals surface area contributed by atoms with E-state index < -0.39 is 47.0 Å². The van der Waals surface area contributed by atoms with Gasteiger partial charge in [0.1, 0.15) is 18.1 Å². The van der Waals surface area contributed by atoms with Gasteiger partial charge in [-0.25, -0.2) is 9.97 Å². The molecule has 5 atom stereocenters. The molecule has 0 unspecified atom stereocenters. The van der Waals surface area contributed by atoms with E-state index in [9.17, 15) is 28.0 Å². The zero-order valence-corrected chi connectivity index (χ0v) is 27.6. The lowest BCUT2D eigenvalue weighted by atomic mass is 9.90. The first-order valence-corrected chi connectivity index (χ1v) is 16.9. The van der Waals surface area contributed by atoms with Crippen molar-refractivity contribution in [1.82, 2.24) is 20.0 Å². The second kappa shape index (κ2) is 14.1. The molecule has 4 heterocycles. The number of amides is 1. The number of Topliss-reactive ketones (excluding diaryl/α,β-unsaturated/α-hetero) is 2. The van der Waals surface area contributed by atoms with Gasteiger partial charge in [-0.15, -0.1) is 0 Å². The van der Waals surface area contributed by atoms with E-state index in [1.54, 1.807) is 31.2 Å². The van der Waals surface area contributed by atoms with Crippen molar-refractivity contribution in [3.05, 3.63) is 60.1 Å². The third kappa shape index (κ3) is 7.40. The van der Waals surface area contributed by atoms with Crippen molar-refractivity contribution in [3.8, 4) is 5.88 Å². The molecule has 6 rings (SSSR count). The fourth-order valence-corrected chi connectivity index (χ4v) is 7.06. The highest BCUT2D eigenvalue weighted by atomic mass is 19.3. The average Bonchev–Trinajstić information content (AvgIpc) is 3.38. The summed E-state index contributed by atoms with van der Waals surface area (Å²) in [6, 6.07) is 6.98. The fourth-order valence-electron chi connectivity index (χ4n) is 7.06. The highest BCUT2D eigenvalue weighted by molar-refractivity contribution is 5.99. The highest BCUT2D eigenvalue weighted by Crippen LogP contribution is 2.57. The van der Waals surface area contributed by atoms with Crippen LogP contribution in [0.15, 0.2) is 53.3 Å². The summed E-state index contributed by atoms with van der Waals surface area (Å²) in [5.41, 5.74) is -0.976. The molecule has 2 aromatic heterocycles. The Labute approximate surface area is 282 Å². The number of rotatable bonds is 8. The first-order valence-electron chi connectivity index (χ1n) is 16.9. The molecule has 2 aliphatic heterocycles. The molecule has 1 saturated carbocycles. The van der Waals surface area contributed by atoms with Gasteiger partial charge in [0.25, 0.3) is 5.92 Å². The van der Waals surface area contributed by atoms with E-state index in [0.717, 1.165) is 19.3 Å². The molecule has 2 fully saturated rings. The van der Waals surface area contributed by atoms with Crippen LogP contribution in [0, 0.1) is 17.3 Å². The predicted molar refractivity (Wildman–Crippen MR) is 172 cm³/mol. The number of halogens is 2. The second-order valence-corrected chi connectivity index (χ2v) is 13.3. The molecular weight excluding hydrogens is 638 g/mol. The summed E-state index contributed by atoms with van der Waals surface area (Å²) in [7, 11) is 0. The first-order chi connectivity index (χ1) is 23.5. The Bertz CT molecular complexity index is 1740. The van der Waals surface area contributed by atoms with Crippen molar-refractivity contribution in [2.45, 2.75) is 89.7 Å². The number of aromatic nitrogens is 3. The van der Waals surface area contributed by atoms with Crippen LogP contribution in [0.25, 0.3) is 11.0 Å². The second-order valence-electron chi connectivity index (χ2n) is 13.3. The topological polar surface area (TPSA) is 142 Å². The van der Waals surface area contributed by atoms with Gasteiger partial charge in [-0.05, 0) is 50.7 Å². The molecule has 260 valence electrons. The number of carbonyl (C=O) groups is 4. The van der Waals surface area contributed by atoms with Gasteiger partial charge in [0.2, 0.25) is 11.8 Å². The lowest BCUT2D eigenvalue weighted by molar-refractivity contribution is -0.152. The molecule has 11 nitrogen and oxygen atoms in total. The summed E-state index contributed by atoms with van der Waals surface area (Å²) < 4.78 is 46.0. The maximum Gasteiger partial charge on any atom is 0.313 e. The van der Waals surface area contributed by atoms with Gasteiger partial charge in [-0.1, -0.05) is 42.3 Å². The SMILES string of the molecule is CCOC(=O)[C@]12CC(=O)[C@@H]3C[C@@H](Oc4nc5ccccc5nc4C(C)(F)F)CN3C(=O)[C@@H](CC(=O)c3ccon3)CCCCC/C=C\[C@@H]1C2. The van der Waals surface area contributed by atoms with Crippen LogP contribution in [0.3, 0.4) is 0 Å². The normalized spacial score (nSPS) is 27.1. The Kier molecular flexibility index (Phi) is 9.89. The summed E-state index contributed by atoms with van der Waals surface area (Å²) >= 11 is 0. The minimum Gasteiger partial charge on any atom is -0.471 e. The minimum atomic E-state index is -3.40. The zero-order valence-electron chi connectivity index (χ0n) is 27.6. The lowest BCUT2D eigenvalue weighted by Gasteiger charge is -2.28. The number of alkyl halides is 2. The van der Waals surface area contributed by atoms with Crippen LogP contribution in [0.2, 0.25) is 0 Å². The van der Waals surface area contributed by atoms with Crippen molar-refractivity contribution < 1.29 is 42.0 Å². The maximum atomic E-state index is 14.8. The molecule has 0 bridgehead atoms. The number of ether oxygens (including phenoxy) is 2. The van der Waals surface area contributed by atoms with Crippen LogP contribution in [0.1, 0.15) is 87.8 Å². The monoisotopic (exact) mass is 678 g/mol. The summed E-state index contributed by atoms with van der Waals surface area (Å²) in [6.07, 6.45) is 8.04. The summed E-state index contributed by atoms with van der Waals surface area (Å²) in [4.78, 5) is 64.9. The van der Waals surface area contributed by atoms with Gasteiger partial charge in [0, 0.05) is 38.2 Å². The van der Waals surface area contributed by atoms with Crippen molar-refractivity contribution in [2.75, 3.05) is 13.2 Å². The van der Waals surface area contributed by atoms with Crippen LogP contribution in [0.4, 0.5) is 8.78 Å². The standard InChI is InChI=1S/C36H40F2N4O7/c1-3-47-34(46)36-19-23(36)12-8-6-4-5-7-11-22(17-29(43)27-15-16-48-41-27)33(45)42-21-24(18-28(42)30(44)20-36)49-32-31(35(2,37)38)39-25-13-9-10-14-26(25)40-32/h8-10,12-16,22-24,28H,3-7,11,17-21H2,1-2H3/b12-8-/t22-,23-,24-,28+,36-/m1/s1. The molecule has 1 aromatic carbocycles. The van der Waals surface area contributed by atoms with Crippen molar-refractivity contribution in [1.29, 1.82) is 0 Å². The number of para-hydroxylation sites is 2. The van der Waals surface area contributed by atoms with E-state index in [0.29, 0.717) is 31.7 Å². The van der Waals surface area contributed by atoms with Gasteiger partial charge < -0.3 is 18.9 Å². The van der Waals surface area contributed by atoms with E-state index in [1.165, 1.54) is 17.2 Å². The largest absolute Gasteiger partial charge is 0.471 e. The number of hydrogen-bond donors (Lipinski definition) is 0. The van der Waals surface area contributed by atoms with Crippen LogP contribution < -0.4 is 4.74 Å². The van der Waals surface area contributed by atoms with E-state index in [1.807, 2.05) is 12.2 Å². The molecule has 0 spiro atoms. The molecule has 0 radical (unpaired) electrons. The third-order valence-electron chi connectivity index (χ3n) is 9.75. The maximum absolute atomic E-state index is 14.8. The summed E-state index contributed by atoms with van der Waals surface area (Å²) in [6.45, 7) is 2.46. The molecule has 3 aromatic rings. The quantitative estimate of drug-likeness (QED) is 0.158. The van der Waals surface area contributed by atoms with Gasteiger partial charge in [0.15, 0.2) is 17.3 Å². The molecule has 1 saturated heterocycles. The Balaban J connectivity index is 1.33. The number of ketones is 2. The fraction of sp³-hybridized carbons (Fsp3) is 0.528. The van der Waals surface area contributed by atoms with Crippen molar-refractivity contribution >= 4 is 34.5 Å². The van der Waals surface area contributed by atoms with E-state index >= 15 is 0 Å². The lowest BCUT2D eigenvalue weighted by Crippen LogP contribution is -2.45. The van der Waals surface area contributed by atoms with Gasteiger partial charge >= 0.3 is 5.97 Å². The van der Waals surface area contributed by atoms with Crippen LogP contribution in [-0.4, -0.2) is 68.8 Å². The van der Waals surface area contributed by atoms with Gasteiger partial charge in [0.05, 0.1) is 35.6 Å². The molecule has 1 aliphatic carbocycles. The zero-order chi connectivity index (χ0) is 34.8. The van der Waals surface area contributed by atoms with Gasteiger partial charge in [-0.2, -0.15) is 8.78 Å². The molecule has 1 amide bonds. The Morgan fingerprint density at radius 1 is 1.10 bits per heavy atom. The highest BCUT2D eigenvalue weighted by Gasteiger charge is 2.61. The molecular formula is C36H40F2N4O7. The number of fused-ring (bicyclic) bond motifs is 3. The summed E-state index contributed by atoms with van der Waals surface area (Å²) in [5.74, 6) is -6.33. The third-order valence-corrected chi connectivity index (χ3v) is 9.75. The molecule has 0 N–H and O–H groups in total. The number of carbonyl (C=O) groups excluding carboxylic acids is 4. The summed E-state index contributed by atoms with van der Waals surface area (Å²) in [5, 5.41) is 3.73. The van der Waals surface area contributed by atoms with Crippen LogP contribution in [0.5, 0.6) is 5.88 Å². The minimum absolute atomic E-state index is 0.0167. The Hall–Kier alpha value is -4.55. The Morgan fingerprint density at radius 2 is 1.88 bits per heavy atom.